The third kappa shape index (κ3) is 9.90. The highest BCUT2D eigenvalue weighted by molar-refractivity contribution is 6.69. The van der Waals surface area contributed by atoms with E-state index in [1.165, 1.54) is 0 Å². The van der Waals surface area contributed by atoms with Gasteiger partial charge in [-0.05, 0) is 45.8 Å². The van der Waals surface area contributed by atoms with Crippen LogP contribution in [0.4, 0.5) is 0 Å². The van der Waals surface area contributed by atoms with Gasteiger partial charge >= 0.3 is 5.78 Å². The van der Waals surface area contributed by atoms with Gasteiger partial charge in [-0.1, -0.05) is 30.4 Å². The first kappa shape index (κ1) is 19.1. The zero-order valence-corrected chi connectivity index (χ0v) is 15.8. The van der Waals surface area contributed by atoms with Gasteiger partial charge in [0.05, 0.1) is 12.8 Å². The van der Waals surface area contributed by atoms with Crippen molar-refractivity contribution in [2.45, 2.75) is 71.2 Å². The molecule has 0 aliphatic carbocycles. The molecule has 1 atom stereocenters. The van der Waals surface area contributed by atoms with Crippen molar-refractivity contribution in [3.8, 4) is 0 Å². The van der Waals surface area contributed by atoms with Gasteiger partial charge < -0.3 is 4.43 Å². The third-order valence-electron chi connectivity index (χ3n) is 3.49. The summed E-state index contributed by atoms with van der Waals surface area (Å²) in [5.41, 5.74) is 0. The Labute approximate surface area is 137 Å². The molecule has 124 valence electrons. The number of allylic oxidation sites excluding steroid dienone is 6. The molecule has 0 spiro atoms. The number of hydrogen-bond acceptors (Lipinski definition) is 1. The van der Waals surface area contributed by atoms with Crippen molar-refractivity contribution in [2.24, 2.45) is 0 Å². The fourth-order valence-electron chi connectivity index (χ4n) is 2.33. The molecular weight excluding hydrogens is 288 g/mol. The molecule has 1 aliphatic rings. The predicted molar refractivity (Wildman–Crippen MR) is 98.9 cm³/mol. The smallest absolute Gasteiger partial charge is 0.319 e. The van der Waals surface area contributed by atoms with Gasteiger partial charge in [-0.25, -0.2) is 0 Å². The van der Waals surface area contributed by atoms with Gasteiger partial charge in [0.1, 0.15) is 0 Å². The molecule has 0 aromatic carbocycles. The van der Waals surface area contributed by atoms with E-state index in [2.05, 4.69) is 56.1 Å². The fraction of sp³-hybridized carbons (Fsp3) is 0.632. The molecule has 1 heterocycles. The van der Waals surface area contributed by atoms with Crippen molar-refractivity contribution >= 4 is 14.1 Å². The SMILES string of the molecule is C/C=C/C=C/CCCC1=[O+][C@@H](CCO[Si](C)(C)C)CCC=C1. The first-order valence-electron chi connectivity index (χ1n) is 8.62. The van der Waals surface area contributed by atoms with Gasteiger partial charge in [-0.3, -0.25) is 4.42 Å². The molecule has 1 aliphatic heterocycles. The number of rotatable bonds is 9. The Morgan fingerprint density at radius 2 is 2.14 bits per heavy atom. The molecular formula is C19H33O2Si+. The van der Waals surface area contributed by atoms with E-state index in [4.69, 9.17) is 8.85 Å². The van der Waals surface area contributed by atoms with E-state index in [1.54, 1.807) is 0 Å². The summed E-state index contributed by atoms with van der Waals surface area (Å²) in [4.78, 5) is 0. The largest absolute Gasteiger partial charge is 0.417 e. The molecule has 0 saturated carbocycles. The molecule has 22 heavy (non-hydrogen) atoms. The van der Waals surface area contributed by atoms with Crippen LogP contribution in [0, 0.1) is 0 Å². The van der Waals surface area contributed by atoms with E-state index in [0.29, 0.717) is 6.10 Å². The summed E-state index contributed by atoms with van der Waals surface area (Å²) in [6.45, 7) is 9.58. The molecule has 0 bridgehead atoms. The summed E-state index contributed by atoms with van der Waals surface area (Å²) < 4.78 is 12.1. The summed E-state index contributed by atoms with van der Waals surface area (Å²) in [7, 11) is -1.40. The molecule has 0 saturated heterocycles. The minimum atomic E-state index is -1.40. The van der Waals surface area contributed by atoms with Crippen molar-refractivity contribution in [1.82, 2.24) is 0 Å². The van der Waals surface area contributed by atoms with E-state index in [9.17, 15) is 0 Å². The molecule has 0 radical (unpaired) electrons. The Bertz CT molecular complexity index is 414. The zero-order valence-electron chi connectivity index (χ0n) is 14.8. The topological polar surface area (TPSA) is 20.5 Å². The van der Waals surface area contributed by atoms with Gasteiger partial charge in [-0.2, -0.15) is 0 Å². The molecule has 3 heteroatoms. The highest BCUT2D eigenvalue weighted by Crippen LogP contribution is 2.13. The van der Waals surface area contributed by atoms with Crippen LogP contribution in [-0.2, 0) is 8.85 Å². The first-order chi connectivity index (χ1) is 10.5. The molecule has 0 N–H and O–H groups in total. The van der Waals surface area contributed by atoms with Crippen LogP contribution in [0.3, 0.4) is 0 Å². The third-order valence-corrected chi connectivity index (χ3v) is 4.56. The lowest BCUT2D eigenvalue weighted by Gasteiger charge is -2.16. The monoisotopic (exact) mass is 321 g/mol. The highest BCUT2D eigenvalue weighted by Gasteiger charge is 2.23. The minimum Gasteiger partial charge on any atom is -0.417 e. The molecule has 2 nitrogen and oxygen atoms in total. The van der Waals surface area contributed by atoms with E-state index in [0.717, 1.165) is 50.9 Å². The maximum Gasteiger partial charge on any atom is 0.319 e. The Kier molecular flexibility index (Phi) is 9.33. The van der Waals surface area contributed by atoms with E-state index in [-0.39, 0.29) is 0 Å². The van der Waals surface area contributed by atoms with Crippen LogP contribution in [0.5, 0.6) is 0 Å². The maximum absolute atomic E-state index is 6.18. The van der Waals surface area contributed by atoms with Gasteiger partial charge in [-0.15, -0.1) is 0 Å². The van der Waals surface area contributed by atoms with Crippen molar-refractivity contribution in [2.75, 3.05) is 6.61 Å². The lowest BCUT2D eigenvalue weighted by Crippen LogP contribution is -2.27. The van der Waals surface area contributed by atoms with Crippen LogP contribution >= 0.6 is 0 Å². The Morgan fingerprint density at radius 1 is 1.32 bits per heavy atom. The van der Waals surface area contributed by atoms with Crippen LogP contribution in [0.1, 0.15) is 45.4 Å². The Hall–Kier alpha value is -0.933. The zero-order chi connectivity index (χ0) is 16.3. The fourth-order valence-corrected chi connectivity index (χ4v) is 3.06. The second-order valence-corrected chi connectivity index (χ2v) is 11.3. The van der Waals surface area contributed by atoms with Crippen molar-refractivity contribution in [1.29, 1.82) is 0 Å². The summed E-state index contributed by atoms with van der Waals surface area (Å²) in [5, 5.41) is 0. The van der Waals surface area contributed by atoms with Gasteiger partial charge in [0.25, 0.3) is 6.10 Å². The van der Waals surface area contributed by atoms with Crippen LogP contribution in [-0.4, -0.2) is 26.8 Å². The molecule has 0 fully saturated rings. The predicted octanol–water partition coefficient (Wildman–Crippen LogP) is 5.35. The Morgan fingerprint density at radius 3 is 2.86 bits per heavy atom. The molecule has 1 rings (SSSR count). The molecule has 0 unspecified atom stereocenters. The first-order valence-corrected chi connectivity index (χ1v) is 12.0. The summed E-state index contributed by atoms with van der Waals surface area (Å²) in [5.74, 6) is 1.15. The van der Waals surface area contributed by atoms with Crippen molar-refractivity contribution < 1.29 is 8.85 Å². The van der Waals surface area contributed by atoms with Crippen molar-refractivity contribution in [3.63, 3.8) is 0 Å². The quantitative estimate of drug-likeness (QED) is 0.242. The summed E-state index contributed by atoms with van der Waals surface area (Å²) >= 11 is 0. The van der Waals surface area contributed by atoms with Crippen LogP contribution in [0.2, 0.25) is 19.6 Å². The standard InChI is InChI=1S/C19H33O2Si/c1-5-6-7-8-9-10-13-18-14-11-12-15-19(21-18)16-17-20-22(2,3)4/h5-8,11,14,19H,9-10,12-13,15-17H2,1-4H3/q+1/b6-5+,8-7+/t19-/m1/s1. The van der Waals surface area contributed by atoms with Gasteiger partial charge in [0, 0.05) is 19.1 Å². The number of ketones is 1. The number of hydrogen-bond donors (Lipinski definition) is 0. The Balaban J connectivity index is 2.36. The maximum atomic E-state index is 6.18. The number of unbranched alkanes of at least 4 members (excludes halogenated alkanes) is 1. The lowest BCUT2D eigenvalue weighted by atomic mass is 10.1. The lowest BCUT2D eigenvalue weighted by molar-refractivity contribution is -0.505. The molecule has 0 aromatic rings. The molecule has 0 amide bonds. The van der Waals surface area contributed by atoms with E-state index < -0.39 is 8.32 Å². The summed E-state index contributed by atoms with van der Waals surface area (Å²) in [6.07, 6.45) is 19.7. The molecule has 0 aromatic heterocycles. The number of carbonyl (C=O) groups excluding carboxylic acids is 1. The minimum absolute atomic E-state index is 0.319. The van der Waals surface area contributed by atoms with E-state index in [1.807, 2.05) is 6.92 Å². The van der Waals surface area contributed by atoms with Gasteiger partial charge in [0.2, 0.25) is 0 Å². The van der Waals surface area contributed by atoms with Crippen LogP contribution in [0.15, 0.2) is 36.5 Å². The van der Waals surface area contributed by atoms with Gasteiger partial charge in [0.15, 0.2) is 8.32 Å². The second-order valence-electron chi connectivity index (χ2n) is 6.78. The average Bonchev–Trinajstić information content (AvgIpc) is 2.67. The van der Waals surface area contributed by atoms with Crippen LogP contribution in [0.25, 0.3) is 0 Å². The highest BCUT2D eigenvalue weighted by atomic mass is 28.4. The van der Waals surface area contributed by atoms with Crippen molar-refractivity contribution in [3.05, 3.63) is 36.5 Å². The van der Waals surface area contributed by atoms with E-state index >= 15 is 0 Å². The second kappa shape index (κ2) is 10.7. The summed E-state index contributed by atoms with van der Waals surface area (Å²) in [6, 6.07) is 0. The van der Waals surface area contributed by atoms with Crippen LogP contribution < -0.4 is 0 Å². The average molecular weight is 322 g/mol. The normalized spacial score (nSPS) is 19.8.